The molecule has 1 fully saturated rings. The number of nitrogens with zero attached hydrogens (tertiary/aromatic N) is 1. The molecule has 1 atom stereocenters. The number of hydrogen-bond acceptors (Lipinski definition) is 1. The predicted octanol–water partition coefficient (Wildman–Crippen LogP) is 15.3. The van der Waals surface area contributed by atoms with Crippen LogP contribution < -0.4 is 4.90 Å². The molecule has 12 rings (SSSR count). The lowest BCUT2D eigenvalue weighted by molar-refractivity contribution is 0.550. The molecule has 4 aliphatic rings. The Hall–Kier alpha value is -6.44. The van der Waals surface area contributed by atoms with E-state index in [1.807, 2.05) is 0 Å². The van der Waals surface area contributed by atoms with Crippen LogP contribution in [0, 0.1) is 0 Å². The van der Waals surface area contributed by atoms with E-state index in [0.29, 0.717) is 0 Å². The minimum absolute atomic E-state index is 0.0558. The summed E-state index contributed by atoms with van der Waals surface area (Å²) in [5, 5.41) is 0. The Morgan fingerprint density at radius 2 is 0.915 bits per heavy atom. The summed E-state index contributed by atoms with van der Waals surface area (Å²) < 4.78 is 0. The van der Waals surface area contributed by atoms with Gasteiger partial charge in [-0.25, -0.2) is 0 Å². The first-order chi connectivity index (χ1) is 28.9. The Labute approximate surface area is 348 Å². The molecule has 0 radical (unpaired) electrons. The third-order valence-corrected chi connectivity index (χ3v) is 14.9. The third-order valence-electron chi connectivity index (χ3n) is 14.9. The van der Waals surface area contributed by atoms with E-state index in [2.05, 4.69) is 208 Å². The second-order valence-corrected chi connectivity index (χ2v) is 18.1. The lowest BCUT2D eigenvalue weighted by Crippen LogP contribution is -2.23. The second-order valence-electron chi connectivity index (χ2n) is 18.1. The van der Waals surface area contributed by atoms with Crippen LogP contribution in [0.3, 0.4) is 0 Å². The fraction of sp³-hybridized carbons (Fsp3) is 0.172. The molecule has 1 heteroatoms. The third kappa shape index (κ3) is 4.62. The van der Waals surface area contributed by atoms with Crippen molar-refractivity contribution in [2.45, 2.75) is 62.7 Å². The molecule has 0 aromatic heterocycles. The van der Waals surface area contributed by atoms with Gasteiger partial charge in [0.05, 0.1) is 11.4 Å². The Bertz CT molecular complexity index is 3000. The zero-order chi connectivity index (χ0) is 39.5. The summed E-state index contributed by atoms with van der Waals surface area (Å²) in [6.07, 6.45) is 4.94. The van der Waals surface area contributed by atoms with Crippen LogP contribution >= 0.6 is 0 Å². The van der Waals surface area contributed by atoms with Gasteiger partial charge in [-0.3, -0.25) is 0 Å². The quantitative estimate of drug-likeness (QED) is 0.169. The largest absolute Gasteiger partial charge is 0.309 e. The van der Waals surface area contributed by atoms with Crippen molar-refractivity contribution in [3.05, 3.63) is 221 Å². The first-order valence-corrected chi connectivity index (χ1v) is 21.6. The summed E-state index contributed by atoms with van der Waals surface area (Å²) in [6.45, 7) is 7.25. The summed E-state index contributed by atoms with van der Waals surface area (Å²) in [5.74, 6) is 0. The summed E-state index contributed by atoms with van der Waals surface area (Å²) in [4.78, 5) is 2.63. The second kappa shape index (κ2) is 12.5. The normalized spacial score (nSPS) is 18.2. The number of para-hydroxylation sites is 1. The Morgan fingerprint density at radius 1 is 0.390 bits per heavy atom. The van der Waals surface area contributed by atoms with E-state index in [-0.39, 0.29) is 16.2 Å². The maximum absolute atomic E-state index is 2.63. The van der Waals surface area contributed by atoms with Crippen molar-refractivity contribution in [2.24, 2.45) is 0 Å². The minimum Gasteiger partial charge on any atom is -0.309 e. The summed E-state index contributed by atoms with van der Waals surface area (Å²) >= 11 is 0. The highest BCUT2D eigenvalue weighted by molar-refractivity contribution is 6.00. The van der Waals surface area contributed by atoms with Gasteiger partial charge in [-0.05, 0) is 116 Å². The van der Waals surface area contributed by atoms with E-state index in [1.54, 1.807) is 0 Å². The maximum atomic E-state index is 2.63. The standard InChI is InChI=1S/C58H47N/c1-56(2)47-27-11-7-22-41(47)44-25-17-26-45(55(44)56)43-23-10-14-31-52(43)59(39-33-34-42-40-21-8-13-29-49(40)58(51(42)37-39)35-15-16-36-58)53-32-18-30-50-54(53)46-24-9-12-28-48(46)57(50,3)38-19-5-4-6-20-38/h4-14,17-34,37H,15-16,35-36H2,1-3H3. The molecular weight excluding hydrogens is 711 g/mol. The first kappa shape index (κ1) is 34.6. The molecule has 0 amide bonds. The van der Waals surface area contributed by atoms with E-state index < -0.39 is 0 Å². The summed E-state index contributed by atoms with van der Waals surface area (Å²) in [7, 11) is 0. The average Bonchev–Trinajstić information content (AvgIpc) is 4.02. The van der Waals surface area contributed by atoms with Crippen LogP contribution in [0.2, 0.25) is 0 Å². The maximum Gasteiger partial charge on any atom is 0.0543 e. The number of hydrogen-bond donors (Lipinski definition) is 0. The molecule has 1 spiro atoms. The molecule has 1 saturated carbocycles. The van der Waals surface area contributed by atoms with Crippen molar-refractivity contribution >= 4 is 17.1 Å². The van der Waals surface area contributed by atoms with Crippen LogP contribution in [0.15, 0.2) is 182 Å². The molecule has 8 aromatic carbocycles. The van der Waals surface area contributed by atoms with E-state index in [1.165, 1.54) is 126 Å². The van der Waals surface area contributed by atoms with Gasteiger partial charge < -0.3 is 4.90 Å². The lowest BCUT2D eigenvalue weighted by Gasteiger charge is -2.33. The van der Waals surface area contributed by atoms with Gasteiger partial charge in [0.15, 0.2) is 0 Å². The fourth-order valence-electron chi connectivity index (χ4n) is 12.3. The molecule has 59 heavy (non-hydrogen) atoms. The van der Waals surface area contributed by atoms with E-state index in [9.17, 15) is 0 Å². The van der Waals surface area contributed by atoms with Crippen molar-refractivity contribution in [3.8, 4) is 44.5 Å². The number of fused-ring (bicyclic) bond motifs is 11. The monoisotopic (exact) mass is 757 g/mol. The average molecular weight is 758 g/mol. The van der Waals surface area contributed by atoms with Crippen molar-refractivity contribution in [1.82, 2.24) is 0 Å². The highest BCUT2D eigenvalue weighted by Gasteiger charge is 2.46. The number of rotatable bonds is 5. The van der Waals surface area contributed by atoms with Gasteiger partial charge in [-0.15, -0.1) is 0 Å². The fourth-order valence-corrected chi connectivity index (χ4v) is 12.3. The zero-order valence-electron chi connectivity index (χ0n) is 34.1. The van der Waals surface area contributed by atoms with Crippen LogP contribution in [0.25, 0.3) is 44.5 Å². The molecule has 1 unspecified atom stereocenters. The van der Waals surface area contributed by atoms with Crippen LogP contribution in [-0.2, 0) is 16.2 Å². The van der Waals surface area contributed by atoms with Gasteiger partial charge >= 0.3 is 0 Å². The molecule has 0 bridgehead atoms. The molecular formula is C58H47N. The smallest absolute Gasteiger partial charge is 0.0543 e. The molecule has 284 valence electrons. The SMILES string of the molecule is CC1(C)c2ccccc2-c2cccc(-c3ccccc3N(c3ccc4c(c3)C3(CCCC3)c3ccccc3-4)c3cccc4c3-c3ccccc3C4(C)c3ccccc3)c21. The molecule has 0 heterocycles. The van der Waals surface area contributed by atoms with Gasteiger partial charge in [-0.2, -0.15) is 0 Å². The van der Waals surface area contributed by atoms with E-state index in [0.717, 1.165) is 0 Å². The van der Waals surface area contributed by atoms with Gasteiger partial charge in [-0.1, -0.05) is 184 Å². The van der Waals surface area contributed by atoms with Crippen molar-refractivity contribution in [2.75, 3.05) is 4.90 Å². The Balaban J connectivity index is 1.15. The molecule has 4 aliphatic carbocycles. The lowest BCUT2D eigenvalue weighted by atomic mass is 9.74. The van der Waals surface area contributed by atoms with Crippen LogP contribution in [0.4, 0.5) is 17.1 Å². The van der Waals surface area contributed by atoms with Gasteiger partial charge in [0.2, 0.25) is 0 Å². The van der Waals surface area contributed by atoms with Crippen molar-refractivity contribution in [3.63, 3.8) is 0 Å². The summed E-state index contributed by atoms with van der Waals surface area (Å²) in [5.41, 5.74) is 23.7. The molecule has 0 aliphatic heterocycles. The van der Waals surface area contributed by atoms with Crippen molar-refractivity contribution < 1.29 is 0 Å². The zero-order valence-corrected chi connectivity index (χ0v) is 34.1. The van der Waals surface area contributed by atoms with Crippen molar-refractivity contribution in [1.29, 1.82) is 0 Å². The van der Waals surface area contributed by atoms with Gasteiger partial charge in [0.1, 0.15) is 0 Å². The highest BCUT2D eigenvalue weighted by atomic mass is 15.1. The van der Waals surface area contributed by atoms with Crippen LogP contribution in [-0.4, -0.2) is 0 Å². The number of benzene rings is 8. The topological polar surface area (TPSA) is 3.24 Å². The first-order valence-electron chi connectivity index (χ1n) is 21.6. The van der Waals surface area contributed by atoms with Crippen LogP contribution in [0.5, 0.6) is 0 Å². The van der Waals surface area contributed by atoms with E-state index in [4.69, 9.17) is 0 Å². The Kier molecular flexibility index (Phi) is 7.35. The van der Waals surface area contributed by atoms with Gasteiger partial charge in [0, 0.05) is 33.1 Å². The molecule has 8 aromatic rings. The predicted molar refractivity (Wildman–Crippen MR) is 246 cm³/mol. The molecule has 1 nitrogen and oxygen atoms in total. The van der Waals surface area contributed by atoms with Crippen LogP contribution in [0.1, 0.15) is 85.4 Å². The number of anilines is 3. The molecule has 0 N–H and O–H groups in total. The van der Waals surface area contributed by atoms with Gasteiger partial charge in [0.25, 0.3) is 0 Å². The minimum atomic E-state index is -0.308. The summed E-state index contributed by atoms with van der Waals surface area (Å²) in [6, 6.07) is 69.2. The highest BCUT2D eigenvalue weighted by Crippen LogP contribution is 2.61. The Morgan fingerprint density at radius 3 is 1.68 bits per heavy atom. The van der Waals surface area contributed by atoms with E-state index >= 15 is 0 Å². The molecule has 0 saturated heterocycles.